The standard InChI is InChI=1S/C13H15NO4/c1-3-6-14-13(16)9-18-11-5-4-10(8-15)7-12(11)17-2/h3-5,7-8H,1,6,9H2,2H3,(H,14,16). The molecule has 0 aliphatic carbocycles. The van der Waals surface area contributed by atoms with Crippen molar-refractivity contribution in [2.24, 2.45) is 0 Å². The average molecular weight is 249 g/mol. The molecule has 0 aliphatic rings. The van der Waals surface area contributed by atoms with Crippen molar-refractivity contribution in [3.63, 3.8) is 0 Å². The Morgan fingerprint density at radius 2 is 2.22 bits per heavy atom. The fourth-order valence-electron chi connectivity index (χ4n) is 1.26. The van der Waals surface area contributed by atoms with E-state index in [9.17, 15) is 9.59 Å². The number of rotatable bonds is 7. The molecule has 18 heavy (non-hydrogen) atoms. The number of amides is 1. The Hall–Kier alpha value is -2.30. The lowest BCUT2D eigenvalue weighted by molar-refractivity contribution is -0.122. The van der Waals surface area contributed by atoms with E-state index in [1.54, 1.807) is 24.3 Å². The molecule has 0 unspecified atom stereocenters. The molecule has 0 radical (unpaired) electrons. The Morgan fingerprint density at radius 1 is 1.44 bits per heavy atom. The van der Waals surface area contributed by atoms with Crippen LogP contribution in [0.1, 0.15) is 10.4 Å². The number of benzene rings is 1. The molecular formula is C13H15NO4. The van der Waals surface area contributed by atoms with Crippen LogP contribution in [0.5, 0.6) is 11.5 Å². The van der Waals surface area contributed by atoms with Crippen molar-refractivity contribution >= 4 is 12.2 Å². The molecule has 5 nitrogen and oxygen atoms in total. The number of aldehydes is 1. The summed E-state index contributed by atoms with van der Waals surface area (Å²) < 4.78 is 10.4. The number of nitrogens with one attached hydrogen (secondary N) is 1. The van der Waals surface area contributed by atoms with Gasteiger partial charge in [-0.3, -0.25) is 9.59 Å². The molecule has 0 bridgehead atoms. The minimum atomic E-state index is -0.253. The van der Waals surface area contributed by atoms with Crippen LogP contribution in [0.2, 0.25) is 0 Å². The predicted octanol–water partition coefficient (Wildman–Crippen LogP) is 1.19. The Kier molecular flexibility index (Phi) is 5.44. The van der Waals surface area contributed by atoms with Gasteiger partial charge in [0.1, 0.15) is 6.29 Å². The molecule has 0 aliphatic heterocycles. The number of ether oxygens (including phenoxy) is 2. The van der Waals surface area contributed by atoms with Crippen molar-refractivity contribution < 1.29 is 19.1 Å². The average Bonchev–Trinajstić information content (AvgIpc) is 2.42. The monoisotopic (exact) mass is 249 g/mol. The normalized spacial score (nSPS) is 9.39. The fourth-order valence-corrected chi connectivity index (χ4v) is 1.26. The highest BCUT2D eigenvalue weighted by Gasteiger charge is 2.07. The van der Waals surface area contributed by atoms with Crippen molar-refractivity contribution in [1.29, 1.82) is 0 Å². The number of carbonyl (C=O) groups is 2. The molecule has 0 aromatic heterocycles. The fraction of sp³-hybridized carbons (Fsp3) is 0.231. The van der Waals surface area contributed by atoms with Crippen molar-refractivity contribution in [2.45, 2.75) is 0 Å². The molecule has 0 heterocycles. The Bertz CT molecular complexity index is 443. The second-order valence-corrected chi connectivity index (χ2v) is 3.41. The molecule has 0 atom stereocenters. The van der Waals surface area contributed by atoms with Gasteiger partial charge in [0.15, 0.2) is 18.1 Å². The summed E-state index contributed by atoms with van der Waals surface area (Å²) in [4.78, 5) is 21.9. The van der Waals surface area contributed by atoms with Crippen LogP contribution in [-0.2, 0) is 4.79 Å². The summed E-state index contributed by atoms with van der Waals surface area (Å²) in [5.41, 5.74) is 0.482. The zero-order valence-electron chi connectivity index (χ0n) is 10.1. The van der Waals surface area contributed by atoms with Gasteiger partial charge in [0, 0.05) is 12.1 Å². The van der Waals surface area contributed by atoms with Gasteiger partial charge in [0.2, 0.25) is 0 Å². The molecule has 0 spiro atoms. The van der Waals surface area contributed by atoms with Crippen molar-refractivity contribution in [2.75, 3.05) is 20.3 Å². The molecular weight excluding hydrogens is 234 g/mol. The van der Waals surface area contributed by atoms with Crippen molar-refractivity contribution in [3.05, 3.63) is 36.4 Å². The highest BCUT2D eigenvalue weighted by Crippen LogP contribution is 2.27. The predicted molar refractivity (Wildman–Crippen MR) is 67.1 cm³/mol. The van der Waals surface area contributed by atoms with Crippen LogP contribution in [0.25, 0.3) is 0 Å². The first kappa shape index (κ1) is 13.8. The third-order valence-electron chi connectivity index (χ3n) is 2.13. The van der Waals surface area contributed by atoms with Crippen LogP contribution >= 0.6 is 0 Å². The van der Waals surface area contributed by atoms with E-state index in [0.29, 0.717) is 29.9 Å². The van der Waals surface area contributed by atoms with Gasteiger partial charge < -0.3 is 14.8 Å². The van der Waals surface area contributed by atoms with Gasteiger partial charge in [-0.25, -0.2) is 0 Å². The van der Waals surface area contributed by atoms with Crippen LogP contribution < -0.4 is 14.8 Å². The number of hydrogen-bond donors (Lipinski definition) is 1. The number of carbonyl (C=O) groups excluding carboxylic acids is 2. The van der Waals surface area contributed by atoms with E-state index >= 15 is 0 Å². The van der Waals surface area contributed by atoms with Gasteiger partial charge in [-0.1, -0.05) is 6.08 Å². The summed E-state index contributed by atoms with van der Waals surface area (Å²) in [5.74, 6) is 0.574. The quantitative estimate of drug-likeness (QED) is 0.582. The highest BCUT2D eigenvalue weighted by molar-refractivity contribution is 5.78. The summed E-state index contributed by atoms with van der Waals surface area (Å²) in [6, 6.07) is 4.72. The van der Waals surface area contributed by atoms with E-state index < -0.39 is 0 Å². The van der Waals surface area contributed by atoms with Gasteiger partial charge in [0.05, 0.1) is 7.11 Å². The molecule has 1 aromatic rings. The summed E-state index contributed by atoms with van der Waals surface area (Å²) in [6.07, 6.45) is 2.29. The van der Waals surface area contributed by atoms with Crippen LogP contribution in [-0.4, -0.2) is 32.5 Å². The SMILES string of the molecule is C=CCNC(=O)COc1ccc(C=O)cc1OC. The first-order valence-electron chi connectivity index (χ1n) is 5.35. The molecule has 96 valence electrons. The van der Waals surface area contributed by atoms with Gasteiger partial charge in [-0.05, 0) is 18.2 Å². The Morgan fingerprint density at radius 3 is 2.83 bits per heavy atom. The van der Waals surface area contributed by atoms with E-state index in [0.717, 1.165) is 0 Å². The lowest BCUT2D eigenvalue weighted by Gasteiger charge is -2.10. The third-order valence-corrected chi connectivity index (χ3v) is 2.13. The smallest absolute Gasteiger partial charge is 0.258 e. The Labute approximate surface area is 105 Å². The van der Waals surface area contributed by atoms with E-state index in [4.69, 9.17) is 9.47 Å². The maximum absolute atomic E-state index is 11.3. The highest BCUT2D eigenvalue weighted by atomic mass is 16.5. The second-order valence-electron chi connectivity index (χ2n) is 3.41. The first-order valence-corrected chi connectivity index (χ1v) is 5.35. The first-order chi connectivity index (χ1) is 8.71. The van der Waals surface area contributed by atoms with Crippen LogP contribution in [0, 0.1) is 0 Å². The molecule has 1 amide bonds. The van der Waals surface area contributed by atoms with Crippen LogP contribution in [0.3, 0.4) is 0 Å². The third kappa shape index (κ3) is 3.93. The van der Waals surface area contributed by atoms with Crippen LogP contribution in [0.4, 0.5) is 0 Å². The number of hydrogen-bond acceptors (Lipinski definition) is 4. The van der Waals surface area contributed by atoms with E-state index in [-0.39, 0.29) is 12.5 Å². The molecule has 1 N–H and O–H groups in total. The number of methoxy groups -OCH3 is 1. The second kappa shape index (κ2) is 7.11. The Balaban J connectivity index is 2.63. The molecule has 0 fully saturated rings. The van der Waals surface area contributed by atoms with Gasteiger partial charge >= 0.3 is 0 Å². The maximum Gasteiger partial charge on any atom is 0.258 e. The van der Waals surface area contributed by atoms with Crippen molar-refractivity contribution in [3.8, 4) is 11.5 Å². The molecule has 5 heteroatoms. The summed E-state index contributed by atoms with van der Waals surface area (Å²) >= 11 is 0. The van der Waals surface area contributed by atoms with E-state index in [1.807, 2.05) is 0 Å². The zero-order chi connectivity index (χ0) is 13.4. The molecule has 1 rings (SSSR count). The summed E-state index contributed by atoms with van der Waals surface area (Å²) in [7, 11) is 1.47. The zero-order valence-corrected chi connectivity index (χ0v) is 10.1. The van der Waals surface area contributed by atoms with Crippen molar-refractivity contribution in [1.82, 2.24) is 5.32 Å². The van der Waals surface area contributed by atoms with Gasteiger partial charge in [-0.15, -0.1) is 6.58 Å². The summed E-state index contributed by atoms with van der Waals surface area (Å²) in [5, 5.41) is 2.58. The summed E-state index contributed by atoms with van der Waals surface area (Å²) in [6.45, 7) is 3.76. The van der Waals surface area contributed by atoms with E-state index in [2.05, 4.69) is 11.9 Å². The minimum absolute atomic E-state index is 0.120. The molecule has 0 saturated heterocycles. The largest absolute Gasteiger partial charge is 0.493 e. The van der Waals surface area contributed by atoms with Gasteiger partial charge in [-0.2, -0.15) is 0 Å². The van der Waals surface area contributed by atoms with E-state index in [1.165, 1.54) is 7.11 Å². The lowest BCUT2D eigenvalue weighted by Crippen LogP contribution is -2.28. The van der Waals surface area contributed by atoms with Gasteiger partial charge in [0.25, 0.3) is 5.91 Å². The molecule has 0 saturated carbocycles. The topological polar surface area (TPSA) is 64.6 Å². The lowest BCUT2D eigenvalue weighted by atomic mass is 10.2. The van der Waals surface area contributed by atoms with Crippen LogP contribution in [0.15, 0.2) is 30.9 Å². The minimum Gasteiger partial charge on any atom is -0.493 e. The molecule has 1 aromatic carbocycles. The maximum atomic E-state index is 11.3.